The van der Waals surface area contributed by atoms with Gasteiger partial charge in [-0.15, -0.1) is 0 Å². The van der Waals surface area contributed by atoms with Gasteiger partial charge < -0.3 is 20.4 Å². The molecule has 2 aromatic heterocycles. The fourth-order valence-corrected chi connectivity index (χ4v) is 3.39. The first-order valence-corrected chi connectivity index (χ1v) is 10.3. The number of nitrogens with zero attached hydrogens (tertiary/aromatic N) is 3. The normalized spacial score (nSPS) is 10.9. The Balaban J connectivity index is 1.50. The Hall–Kier alpha value is -2.90. The molecule has 0 saturated heterocycles. The van der Waals surface area contributed by atoms with Crippen molar-refractivity contribution in [1.82, 2.24) is 14.9 Å². The van der Waals surface area contributed by atoms with Gasteiger partial charge in [-0.25, -0.2) is 4.98 Å². The lowest BCUT2D eigenvalue weighted by Crippen LogP contribution is -2.33. The maximum Gasteiger partial charge on any atom is 0.293 e. The van der Waals surface area contributed by atoms with Crippen molar-refractivity contribution in [2.75, 3.05) is 25.0 Å². The molecule has 0 aliphatic heterocycles. The molecule has 0 bridgehead atoms. The number of hydrogen-bond acceptors (Lipinski definition) is 5. The summed E-state index contributed by atoms with van der Waals surface area (Å²) in [6.45, 7) is 4.35. The van der Waals surface area contributed by atoms with Gasteiger partial charge in [0.25, 0.3) is 5.56 Å². The lowest BCUT2D eigenvalue weighted by Gasteiger charge is -2.13. The van der Waals surface area contributed by atoms with Crippen LogP contribution in [0.4, 0.5) is 5.82 Å². The summed E-state index contributed by atoms with van der Waals surface area (Å²) in [6, 6.07) is 13.1. The van der Waals surface area contributed by atoms with E-state index in [-0.39, 0.29) is 5.56 Å². The number of rotatable bonds is 10. The topological polar surface area (TPSA) is 85.9 Å². The lowest BCUT2D eigenvalue weighted by molar-refractivity contribution is -0.613. The summed E-state index contributed by atoms with van der Waals surface area (Å²) in [6.07, 6.45) is 4.53. The molecule has 2 heterocycles. The van der Waals surface area contributed by atoms with Gasteiger partial charge in [0.05, 0.1) is 6.42 Å². The van der Waals surface area contributed by atoms with E-state index in [9.17, 15) is 10.0 Å². The van der Waals surface area contributed by atoms with Gasteiger partial charge >= 0.3 is 0 Å². The lowest BCUT2D eigenvalue weighted by atomic mass is 10.1. The van der Waals surface area contributed by atoms with Gasteiger partial charge in [0.2, 0.25) is 0 Å². The number of benzene rings is 1. The molecule has 0 spiro atoms. The molecule has 1 aromatic carbocycles. The van der Waals surface area contributed by atoms with Gasteiger partial charge in [0.15, 0.2) is 17.7 Å². The van der Waals surface area contributed by atoms with Crippen molar-refractivity contribution in [2.45, 2.75) is 26.3 Å². The highest BCUT2D eigenvalue weighted by Gasteiger charge is 2.09. The zero-order valence-corrected chi connectivity index (χ0v) is 17.7. The summed E-state index contributed by atoms with van der Waals surface area (Å²) in [4.78, 5) is 17.0. The third-order valence-electron chi connectivity index (χ3n) is 4.82. The van der Waals surface area contributed by atoms with E-state index in [2.05, 4.69) is 15.6 Å². The first kappa shape index (κ1) is 21.8. The summed E-state index contributed by atoms with van der Waals surface area (Å²) in [5.74, 6) is 0.299. The van der Waals surface area contributed by atoms with E-state index < -0.39 is 0 Å². The molecule has 0 radical (unpaired) electrons. The van der Waals surface area contributed by atoms with Gasteiger partial charge in [-0.3, -0.25) is 4.79 Å². The third-order valence-corrected chi connectivity index (χ3v) is 5.06. The van der Waals surface area contributed by atoms with Crippen molar-refractivity contribution < 1.29 is 4.73 Å². The number of anilines is 1. The summed E-state index contributed by atoms with van der Waals surface area (Å²) >= 11 is 6.01. The van der Waals surface area contributed by atoms with Crippen LogP contribution in [-0.4, -0.2) is 29.2 Å². The first-order valence-electron chi connectivity index (χ1n) is 9.97. The molecule has 0 fully saturated rings. The van der Waals surface area contributed by atoms with Crippen molar-refractivity contribution in [3.8, 4) is 0 Å². The van der Waals surface area contributed by atoms with Gasteiger partial charge in [0.1, 0.15) is 0 Å². The Labute approximate surface area is 180 Å². The summed E-state index contributed by atoms with van der Waals surface area (Å²) in [5, 5.41) is 18.9. The maximum atomic E-state index is 12.8. The molecule has 30 heavy (non-hydrogen) atoms. The average Bonchev–Trinajstić information content (AvgIpc) is 2.73. The largest absolute Gasteiger partial charge is 0.619 e. The highest BCUT2D eigenvalue weighted by Crippen LogP contribution is 2.10. The Morgan fingerprint density at radius 1 is 1.13 bits per heavy atom. The molecular formula is C22H26ClN5O2. The van der Waals surface area contributed by atoms with Crippen LogP contribution in [-0.2, 0) is 19.4 Å². The van der Waals surface area contributed by atoms with Crippen molar-refractivity contribution in [3.05, 3.63) is 92.4 Å². The Bertz CT molecular complexity index is 1040. The van der Waals surface area contributed by atoms with Gasteiger partial charge in [-0.05, 0) is 37.6 Å². The molecule has 3 aromatic rings. The van der Waals surface area contributed by atoms with E-state index in [0.717, 1.165) is 28.4 Å². The second kappa shape index (κ2) is 10.8. The maximum absolute atomic E-state index is 12.8. The van der Waals surface area contributed by atoms with Crippen molar-refractivity contribution >= 4 is 17.4 Å². The van der Waals surface area contributed by atoms with Crippen molar-refractivity contribution in [3.63, 3.8) is 0 Å². The SMILES string of the molecule is Cc1cnc(NCCc2cccc[n+]2[O-])c(=O)n1CCNCCc1cccc(Cl)c1. The Morgan fingerprint density at radius 3 is 2.80 bits per heavy atom. The number of aryl methyl sites for hydroxylation is 1. The molecule has 0 saturated carbocycles. The van der Waals surface area contributed by atoms with Crippen molar-refractivity contribution in [1.29, 1.82) is 0 Å². The van der Waals surface area contributed by atoms with Crippen LogP contribution < -0.4 is 20.9 Å². The molecule has 8 heteroatoms. The predicted molar refractivity (Wildman–Crippen MR) is 119 cm³/mol. The van der Waals surface area contributed by atoms with Crippen LogP contribution in [0.5, 0.6) is 0 Å². The second-order valence-electron chi connectivity index (χ2n) is 7.03. The average molecular weight is 428 g/mol. The highest BCUT2D eigenvalue weighted by molar-refractivity contribution is 6.30. The van der Waals surface area contributed by atoms with Gasteiger partial charge in [0, 0.05) is 48.7 Å². The summed E-state index contributed by atoms with van der Waals surface area (Å²) < 4.78 is 2.54. The first-order chi connectivity index (χ1) is 14.5. The fourth-order valence-electron chi connectivity index (χ4n) is 3.18. The smallest absolute Gasteiger partial charge is 0.293 e. The van der Waals surface area contributed by atoms with E-state index in [1.807, 2.05) is 37.3 Å². The van der Waals surface area contributed by atoms with Crippen LogP contribution >= 0.6 is 11.6 Å². The minimum atomic E-state index is -0.158. The molecular weight excluding hydrogens is 402 g/mol. The summed E-state index contributed by atoms with van der Waals surface area (Å²) in [5.41, 5.74) is 2.47. The monoisotopic (exact) mass is 427 g/mol. The highest BCUT2D eigenvalue weighted by atomic mass is 35.5. The minimum Gasteiger partial charge on any atom is -0.619 e. The standard InChI is InChI=1S/C22H26ClN5O2/c1-17-16-26-21(25-11-9-20-7-2-3-13-28(20)30)22(29)27(17)14-12-24-10-8-18-5-4-6-19(23)15-18/h2-7,13,15-16,24H,8-12,14H2,1H3,(H,25,26). The molecule has 0 amide bonds. The molecule has 158 valence electrons. The Morgan fingerprint density at radius 2 is 2.00 bits per heavy atom. The molecule has 0 unspecified atom stereocenters. The van der Waals surface area contributed by atoms with Gasteiger partial charge in [-0.1, -0.05) is 29.8 Å². The van der Waals surface area contributed by atoms with Crippen LogP contribution in [0.15, 0.2) is 59.7 Å². The quantitative estimate of drug-likeness (QED) is 0.294. The number of halogens is 1. The third kappa shape index (κ3) is 6.05. The Kier molecular flexibility index (Phi) is 7.82. The van der Waals surface area contributed by atoms with Crippen LogP contribution in [0, 0.1) is 12.1 Å². The zero-order valence-electron chi connectivity index (χ0n) is 17.0. The number of nitrogens with one attached hydrogen (secondary N) is 2. The molecule has 2 N–H and O–H groups in total. The summed E-state index contributed by atoms with van der Waals surface area (Å²) in [7, 11) is 0. The van der Waals surface area contributed by atoms with E-state index in [1.54, 1.807) is 22.9 Å². The van der Waals surface area contributed by atoms with Gasteiger partial charge in [-0.2, -0.15) is 4.73 Å². The van der Waals surface area contributed by atoms with Crippen LogP contribution in [0.1, 0.15) is 17.0 Å². The zero-order chi connectivity index (χ0) is 21.3. The molecule has 7 nitrogen and oxygen atoms in total. The predicted octanol–water partition coefficient (Wildman–Crippen LogP) is 2.33. The van der Waals surface area contributed by atoms with E-state index in [4.69, 9.17) is 11.6 Å². The number of hydrogen-bond donors (Lipinski definition) is 2. The molecule has 3 rings (SSSR count). The van der Waals surface area contributed by atoms with E-state index in [1.165, 1.54) is 11.8 Å². The molecule has 0 aliphatic carbocycles. The van der Waals surface area contributed by atoms with E-state index in [0.29, 0.717) is 37.6 Å². The van der Waals surface area contributed by atoms with Crippen molar-refractivity contribution in [2.24, 2.45) is 0 Å². The minimum absolute atomic E-state index is 0.158. The fraction of sp³-hybridized carbons (Fsp3) is 0.318. The van der Waals surface area contributed by atoms with Crippen LogP contribution in [0.2, 0.25) is 5.02 Å². The van der Waals surface area contributed by atoms with E-state index >= 15 is 0 Å². The molecule has 0 aliphatic rings. The number of aromatic nitrogens is 3. The molecule has 0 atom stereocenters. The van der Waals surface area contributed by atoms with Crippen LogP contribution in [0.3, 0.4) is 0 Å². The van der Waals surface area contributed by atoms with Crippen LogP contribution in [0.25, 0.3) is 0 Å². The number of pyridine rings is 1. The second-order valence-corrected chi connectivity index (χ2v) is 7.47.